The Labute approximate surface area is 339 Å². The van der Waals surface area contributed by atoms with Crippen molar-refractivity contribution in [1.82, 2.24) is 10.2 Å². The molecule has 1 aromatic carbocycles. The van der Waals surface area contributed by atoms with Gasteiger partial charge in [-0.3, -0.25) is 24.1 Å². The Hall–Kier alpha value is -4.11. The van der Waals surface area contributed by atoms with Gasteiger partial charge in [0.1, 0.15) is 12.3 Å². The fraction of sp³-hybridized carbons (Fsp3) is 0.738. The fourth-order valence-corrected chi connectivity index (χ4v) is 6.36. The van der Waals surface area contributed by atoms with Crippen LogP contribution in [-0.4, -0.2) is 99.5 Å². The summed E-state index contributed by atoms with van der Waals surface area (Å²) in [5.74, 6) is -1.20. The molecule has 0 radical (unpaired) electrons. The first-order valence-corrected chi connectivity index (χ1v) is 19.9. The quantitative estimate of drug-likeness (QED) is 0.0771. The highest BCUT2D eigenvalue weighted by Crippen LogP contribution is 2.36. The minimum atomic E-state index is -1.26. The average molecular weight is 808 g/mol. The Balaban J connectivity index is 2.34. The lowest BCUT2D eigenvalue weighted by molar-refractivity contribution is -0.169. The van der Waals surface area contributed by atoms with Crippen LogP contribution in [0.4, 0.5) is 4.79 Å². The molecule has 1 saturated heterocycles. The van der Waals surface area contributed by atoms with E-state index < -0.39 is 59.3 Å². The SMILES string of the molecule is COCCCOc1cc(C[C@@H](C[C@H]2[C@H](C[C@H](C(=O)NCC(C)(C)C(N)=O)C(C)C)OCN2C(=O)OC(C)OC(=O)CCC(=O)OC(C)(C)C)C(C)C)ccc1OC. The van der Waals surface area contributed by atoms with Crippen LogP contribution < -0.4 is 20.5 Å². The Morgan fingerprint density at radius 2 is 1.56 bits per heavy atom. The molecular weight excluding hydrogens is 738 g/mol. The molecule has 57 heavy (non-hydrogen) atoms. The molecule has 1 aliphatic rings. The molecule has 1 unspecified atom stereocenters. The first-order chi connectivity index (χ1) is 26.6. The number of hydrogen-bond donors (Lipinski definition) is 2. The van der Waals surface area contributed by atoms with Gasteiger partial charge in [0, 0.05) is 39.5 Å². The van der Waals surface area contributed by atoms with Crippen LogP contribution in [0.3, 0.4) is 0 Å². The van der Waals surface area contributed by atoms with Crippen LogP contribution >= 0.6 is 0 Å². The van der Waals surface area contributed by atoms with Gasteiger partial charge in [-0.2, -0.15) is 0 Å². The zero-order valence-corrected chi connectivity index (χ0v) is 36.3. The highest BCUT2D eigenvalue weighted by Gasteiger charge is 2.43. The molecule has 5 atom stereocenters. The number of amides is 3. The number of ether oxygens (including phenoxy) is 7. The smallest absolute Gasteiger partial charge is 0.415 e. The fourth-order valence-electron chi connectivity index (χ4n) is 6.36. The van der Waals surface area contributed by atoms with Crippen LogP contribution in [-0.2, 0) is 49.3 Å². The third-order valence-electron chi connectivity index (χ3n) is 9.97. The Morgan fingerprint density at radius 1 is 0.895 bits per heavy atom. The Morgan fingerprint density at radius 3 is 2.14 bits per heavy atom. The zero-order chi connectivity index (χ0) is 43.1. The molecule has 3 amide bonds. The van der Waals surface area contributed by atoms with Crippen molar-refractivity contribution in [1.29, 1.82) is 0 Å². The number of esters is 2. The summed E-state index contributed by atoms with van der Waals surface area (Å²) in [6.07, 6.45) is -0.836. The summed E-state index contributed by atoms with van der Waals surface area (Å²) >= 11 is 0. The molecule has 1 fully saturated rings. The molecule has 3 N–H and O–H groups in total. The van der Waals surface area contributed by atoms with Crippen LogP contribution in [0.2, 0.25) is 0 Å². The van der Waals surface area contributed by atoms with Crippen LogP contribution in [0.25, 0.3) is 0 Å². The molecule has 1 aliphatic heterocycles. The summed E-state index contributed by atoms with van der Waals surface area (Å²) in [5, 5.41) is 2.90. The van der Waals surface area contributed by atoms with Gasteiger partial charge in [-0.25, -0.2) is 4.79 Å². The van der Waals surface area contributed by atoms with E-state index in [0.29, 0.717) is 37.6 Å². The number of methoxy groups -OCH3 is 2. The lowest BCUT2D eigenvalue weighted by atomic mass is 9.80. The maximum absolute atomic E-state index is 13.8. The molecule has 0 aromatic heterocycles. The Bertz CT molecular complexity index is 1470. The van der Waals surface area contributed by atoms with Gasteiger partial charge in [-0.05, 0) is 89.3 Å². The van der Waals surface area contributed by atoms with Crippen molar-refractivity contribution in [3.63, 3.8) is 0 Å². The van der Waals surface area contributed by atoms with Crippen molar-refractivity contribution >= 4 is 29.8 Å². The second kappa shape index (κ2) is 22.7. The molecule has 324 valence electrons. The van der Waals surface area contributed by atoms with E-state index in [1.54, 1.807) is 48.8 Å². The van der Waals surface area contributed by atoms with Gasteiger partial charge in [-0.1, -0.05) is 33.8 Å². The van der Waals surface area contributed by atoms with Crippen molar-refractivity contribution in [3.05, 3.63) is 23.8 Å². The third-order valence-corrected chi connectivity index (χ3v) is 9.97. The maximum atomic E-state index is 13.8. The van der Waals surface area contributed by atoms with Gasteiger partial charge < -0.3 is 44.2 Å². The number of hydrogen-bond acceptors (Lipinski definition) is 12. The predicted molar refractivity (Wildman–Crippen MR) is 213 cm³/mol. The van der Waals surface area contributed by atoms with E-state index >= 15 is 0 Å². The summed E-state index contributed by atoms with van der Waals surface area (Å²) < 4.78 is 39.2. The number of carbonyl (C=O) groups is 5. The second-order valence-corrected chi connectivity index (χ2v) is 17.1. The summed E-state index contributed by atoms with van der Waals surface area (Å²) in [4.78, 5) is 65.5. The number of benzene rings is 1. The van der Waals surface area contributed by atoms with E-state index in [4.69, 9.17) is 38.9 Å². The van der Waals surface area contributed by atoms with Crippen LogP contribution in [0, 0.1) is 29.1 Å². The van der Waals surface area contributed by atoms with Crippen LogP contribution in [0.5, 0.6) is 11.5 Å². The molecule has 2 rings (SSSR count). The molecule has 1 heterocycles. The normalized spacial score (nSPS) is 17.5. The number of carbonyl (C=O) groups excluding carboxylic acids is 5. The van der Waals surface area contributed by atoms with E-state index in [-0.39, 0.29) is 56.2 Å². The van der Waals surface area contributed by atoms with E-state index in [0.717, 1.165) is 12.0 Å². The van der Waals surface area contributed by atoms with Crippen molar-refractivity contribution in [2.24, 2.45) is 34.8 Å². The highest BCUT2D eigenvalue weighted by molar-refractivity contribution is 5.83. The van der Waals surface area contributed by atoms with Gasteiger partial charge in [-0.15, -0.1) is 0 Å². The lowest BCUT2D eigenvalue weighted by Gasteiger charge is -2.33. The first-order valence-electron chi connectivity index (χ1n) is 19.9. The summed E-state index contributed by atoms with van der Waals surface area (Å²) in [5.41, 5.74) is 4.93. The summed E-state index contributed by atoms with van der Waals surface area (Å²) in [6, 6.07) is 5.34. The van der Waals surface area contributed by atoms with Crippen molar-refractivity contribution in [3.8, 4) is 11.5 Å². The Kier molecular flexibility index (Phi) is 19.6. The minimum Gasteiger partial charge on any atom is -0.493 e. The number of nitrogens with zero attached hydrogens (tertiary/aromatic N) is 1. The zero-order valence-electron chi connectivity index (χ0n) is 36.3. The molecule has 0 aliphatic carbocycles. The van der Waals surface area contributed by atoms with Gasteiger partial charge >= 0.3 is 18.0 Å². The molecular formula is C42H69N3O12. The monoisotopic (exact) mass is 807 g/mol. The predicted octanol–water partition coefficient (Wildman–Crippen LogP) is 5.78. The number of rotatable bonds is 23. The third kappa shape index (κ3) is 16.7. The molecule has 0 spiro atoms. The number of nitrogens with two attached hydrogens (primary N) is 1. The van der Waals surface area contributed by atoms with Gasteiger partial charge in [0.15, 0.2) is 11.5 Å². The summed E-state index contributed by atoms with van der Waals surface area (Å²) in [6.45, 7) is 19.1. The topological polar surface area (TPSA) is 191 Å². The average Bonchev–Trinajstić information content (AvgIpc) is 3.51. The standard InChI is InChI=1S/C42H69N3O12/c1-26(2)30(20-29-14-15-33(52-12)35(21-29)53-19-13-18-51-11)22-32-34(23-31(27(3)4)38(48)44-24-42(9,10)39(43)49)54-25-45(32)40(50)56-28(5)55-36(46)16-17-37(47)57-41(6,7)8/h14-15,21,26-28,30-32,34H,13,16-20,22-25H2,1-12H3,(H2,43,49)(H,44,48)/t28?,30-,31-,32-,34-/m0/s1. The molecule has 15 heteroatoms. The van der Waals surface area contributed by atoms with Crippen molar-refractivity contribution < 1.29 is 57.1 Å². The van der Waals surface area contributed by atoms with E-state index in [9.17, 15) is 24.0 Å². The largest absolute Gasteiger partial charge is 0.493 e. The van der Waals surface area contributed by atoms with Crippen LogP contribution in [0.15, 0.2) is 18.2 Å². The first kappa shape index (κ1) is 49.0. The minimum absolute atomic E-state index is 0.0371. The van der Waals surface area contributed by atoms with E-state index in [2.05, 4.69) is 19.2 Å². The van der Waals surface area contributed by atoms with Crippen LogP contribution in [0.1, 0.15) is 107 Å². The van der Waals surface area contributed by atoms with E-state index in [1.165, 1.54) is 11.8 Å². The molecule has 0 saturated carbocycles. The second-order valence-electron chi connectivity index (χ2n) is 17.1. The van der Waals surface area contributed by atoms with Gasteiger partial charge in [0.05, 0.1) is 44.1 Å². The number of primary amides is 1. The van der Waals surface area contributed by atoms with Crippen molar-refractivity contribution in [2.75, 3.05) is 40.7 Å². The van der Waals surface area contributed by atoms with Gasteiger partial charge in [0.2, 0.25) is 18.1 Å². The highest BCUT2D eigenvalue weighted by atomic mass is 16.7. The van der Waals surface area contributed by atoms with Crippen molar-refractivity contribution in [2.45, 2.75) is 132 Å². The number of nitrogens with one attached hydrogen (secondary N) is 1. The lowest BCUT2D eigenvalue weighted by Crippen LogP contribution is -2.47. The van der Waals surface area contributed by atoms with Gasteiger partial charge in [0.25, 0.3) is 0 Å². The molecule has 1 aromatic rings. The van der Waals surface area contributed by atoms with E-state index in [1.807, 2.05) is 32.0 Å². The molecule has 0 bridgehead atoms. The molecule has 15 nitrogen and oxygen atoms in total. The maximum Gasteiger partial charge on any atom is 0.415 e. The summed E-state index contributed by atoms with van der Waals surface area (Å²) in [7, 11) is 3.24.